The third kappa shape index (κ3) is 4.06. The summed E-state index contributed by atoms with van der Waals surface area (Å²) in [6.45, 7) is 3.93. The lowest BCUT2D eigenvalue weighted by Gasteiger charge is -2.29. The van der Waals surface area contributed by atoms with E-state index >= 15 is 0 Å². The van der Waals surface area contributed by atoms with E-state index in [0.717, 1.165) is 36.4 Å². The van der Waals surface area contributed by atoms with E-state index in [1.165, 1.54) is 0 Å². The van der Waals surface area contributed by atoms with Gasteiger partial charge in [0.15, 0.2) is 6.61 Å². The molecule has 1 N–H and O–H groups in total. The van der Waals surface area contributed by atoms with Gasteiger partial charge in [-0.3, -0.25) is 9.59 Å². The lowest BCUT2D eigenvalue weighted by molar-refractivity contribution is -0.123. The Morgan fingerprint density at radius 1 is 1.42 bits per heavy atom. The highest BCUT2D eigenvalue weighted by atomic mass is 16.5. The highest BCUT2D eigenvalue weighted by molar-refractivity contribution is 5.97. The zero-order valence-electron chi connectivity index (χ0n) is 14.0. The smallest absolute Gasteiger partial charge is 0.265 e. The Morgan fingerprint density at radius 2 is 2.29 bits per heavy atom. The lowest BCUT2D eigenvalue weighted by Crippen LogP contribution is -2.40. The third-order valence-corrected chi connectivity index (χ3v) is 4.39. The largest absolute Gasteiger partial charge is 0.482 e. The molecule has 1 aromatic carbocycles. The normalized spacial score (nSPS) is 19.8. The number of ether oxygens (including phenoxy) is 2. The first-order valence-electron chi connectivity index (χ1n) is 8.55. The molecule has 1 unspecified atom stereocenters. The maximum absolute atomic E-state index is 12.1. The maximum atomic E-state index is 12.1. The van der Waals surface area contributed by atoms with Crippen LogP contribution in [0.4, 0.5) is 5.69 Å². The fourth-order valence-electron chi connectivity index (χ4n) is 3.08. The molecular formula is C18H24N2O4. The zero-order chi connectivity index (χ0) is 16.9. The summed E-state index contributed by atoms with van der Waals surface area (Å²) in [7, 11) is 0. The van der Waals surface area contributed by atoms with Gasteiger partial charge < -0.3 is 19.7 Å². The first-order valence-corrected chi connectivity index (χ1v) is 8.55. The summed E-state index contributed by atoms with van der Waals surface area (Å²) >= 11 is 0. The van der Waals surface area contributed by atoms with Crippen molar-refractivity contribution in [2.45, 2.75) is 38.7 Å². The zero-order valence-corrected chi connectivity index (χ0v) is 14.0. The van der Waals surface area contributed by atoms with Gasteiger partial charge in [0.2, 0.25) is 5.91 Å². The number of hydrogen-bond donors (Lipinski definition) is 1. The van der Waals surface area contributed by atoms with Gasteiger partial charge in [-0.1, -0.05) is 6.07 Å². The number of carbonyl (C=O) groups is 2. The van der Waals surface area contributed by atoms with Gasteiger partial charge in [-0.2, -0.15) is 0 Å². The van der Waals surface area contributed by atoms with Crippen LogP contribution < -0.4 is 15.0 Å². The molecule has 0 bridgehead atoms. The summed E-state index contributed by atoms with van der Waals surface area (Å²) in [5.74, 6) is 0.673. The monoisotopic (exact) mass is 332 g/mol. The standard InChI is InChI=1S/C18H24N2O4/c1-13-6-7-16-15(10-13)20(18(22)12-24-16)8-2-5-17(21)19-11-14-4-3-9-23-14/h6-7,10,14H,2-5,8-9,11-12H2,1H3,(H,19,21). The van der Waals surface area contributed by atoms with E-state index in [4.69, 9.17) is 9.47 Å². The Labute approximate surface area is 142 Å². The molecule has 0 saturated carbocycles. The van der Waals surface area contributed by atoms with Crippen molar-refractivity contribution >= 4 is 17.5 Å². The van der Waals surface area contributed by atoms with Crippen molar-refractivity contribution < 1.29 is 19.1 Å². The summed E-state index contributed by atoms with van der Waals surface area (Å²) in [5.41, 5.74) is 1.87. The van der Waals surface area contributed by atoms with Crippen molar-refractivity contribution in [2.24, 2.45) is 0 Å². The number of benzene rings is 1. The fourth-order valence-corrected chi connectivity index (χ4v) is 3.08. The van der Waals surface area contributed by atoms with Crippen molar-refractivity contribution in [1.82, 2.24) is 5.32 Å². The molecule has 6 nitrogen and oxygen atoms in total. The number of nitrogens with one attached hydrogen (secondary N) is 1. The van der Waals surface area contributed by atoms with Crippen LogP contribution in [0, 0.1) is 6.92 Å². The Morgan fingerprint density at radius 3 is 3.08 bits per heavy atom. The number of aryl methyl sites for hydroxylation is 1. The molecule has 0 radical (unpaired) electrons. The number of rotatable bonds is 6. The molecular weight excluding hydrogens is 308 g/mol. The molecule has 1 saturated heterocycles. The predicted octanol–water partition coefficient (Wildman–Crippen LogP) is 1.80. The van der Waals surface area contributed by atoms with E-state index < -0.39 is 0 Å². The highest BCUT2D eigenvalue weighted by Crippen LogP contribution is 2.32. The van der Waals surface area contributed by atoms with Gasteiger partial charge in [-0.25, -0.2) is 0 Å². The molecule has 0 spiro atoms. The molecule has 1 aromatic rings. The van der Waals surface area contributed by atoms with Crippen LogP contribution in [0.15, 0.2) is 18.2 Å². The second-order valence-electron chi connectivity index (χ2n) is 6.35. The Hall–Kier alpha value is -2.08. The molecule has 1 fully saturated rings. The van der Waals surface area contributed by atoms with Crippen molar-refractivity contribution in [1.29, 1.82) is 0 Å². The summed E-state index contributed by atoms with van der Waals surface area (Å²) < 4.78 is 10.9. The van der Waals surface area contributed by atoms with Gasteiger partial charge in [0.05, 0.1) is 11.8 Å². The SMILES string of the molecule is Cc1ccc2c(c1)N(CCCC(=O)NCC1CCCO1)C(=O)CO2. The average Bonchev–Trinajstić information content (AvgIpc) is 3.08. The van der Waals surface area contributed by atoms with E-state index in [2.05, 4.69) is 5.32 Å². The van der Waals surface area contributed by atoms with Gasteiger partial charge in [0.1, 0.15) is 5.75 Å². The van der Waals surface area contributed by atoms with Crippen LogP contribution in [0.3, 0.4) is 0 Å². The van der Waals surface area contributed by atoms with E-state index in [-0.39, 0.29) is 24.5 Å². The van der Waals surface area contributed by atoms with E-state index in [9.17, 15) is 9.59 Å². The Bertz CT molecular complexity index is 611. The first-order chi connectivity index (χ1) is 11.6. The number of anilines is 1. The predicted molar refractivity (Wildman–Crippen MR) is 90.2 cm³/mol. The van der Waals surface area contributed by atoms with Crippen LogP contribution in [-0.2, 0) is 14.3 Å². The molecule has 2 aliphatic heterocycles. The summed E-state index contributed by atoms with van der Waals surface area (Å²) in [6.07, 6.45) is 3.26. The lowest BCUT2D eigenvalue weighted by atomic mass is 10.1. The summed E-state index contributed by atoms with van der Waals surface area (Å²) in [4.78, 5) is 25.8. The molecule has 2 aliphatic rings. The summed E-state index contributed by atoms with van der Waals surface area (Å²) in [6, 6.07) is 5.80. The van der Waals surface area contributed by atoms with Crippen LogP contribution in [0.25, 0.3) is 0 Å². The number of carbonyl (C=O) groups excluding carboxylic acids is 2. The molecule has 2 amide bonds. The molecule has 6 heteroatoms. The molecule has 24 heavy (non-hydrogen) atoms. The van der Waals surface area contributed by atoms with E-state index in [1.807, 2.05) is 25.1 Å². The highest BCUT2D eigenvalue weighted by Gasteiger charge is 2.25. The Balaban J connectivity index is 1.48. The van der Waals surface area contributed by atoms with Crippen LogP contribution in [0.1, 0.15) is 31.2 Å². The topological polar surface area (TPSA) is 67.9 Å². The van der Waals surface area contributed by atoms with Crippen LogP contribution >= 0.6 is 0 Å². The fraction of sp³-hybridized carbons (Fsp3) is 0.556. The van der Waals surface area contributed by atoms with Gasteiger partial charge in [0, 0.05) is 26.1 Å². The number of nitrogens with zero attached hydrogens (tertiary/aromatic N) is 1. The van der Waals surface area contributed by atoms with Gasteiger partial charge in [-0.15, -0.1) is 0 Å². The molecule has 0 aromatic heterocycles. The quantitative estimate of drug-likeness (QED) is 0.862. The number of amides is 2. The van der Waals surface area contributed by atoms with Gasteiger partial charge in [-0.05, 0) is 43.9 Å². The minimum atomic E-state index is -0.0622. The Kier molecular flexibility index (Phi) is 5.35. The maximum Gasteiger partial charge on any atom is 0.265 e. The molecule has 1 atom stereocenters. The minimum absolute atomic E-state index is 0.00988. The first kappa shape index (κ1) is 16.8. The second-order valence-corrected chi connectivity index (χ2v) is 6.35. The number of fused-ring (bicyclic) bond motifs is 1. The molecule has 2 heterocycles. The van der Waals surface area contributed by atoms with Crippen molar-refractivity contribution in [3.8, 4) is 5.75 Å². The second kappa shape index (κ2) is 7.66. The third-order valence-electron chi connectivity index (χ3n) is 4.39. The van der Waals surface area contributed by atoms with Crippen LogP contribution in [-0.4, -0.2) is 44.2 Å². The van der Waals surface area contributed by atoms with Gasteiger partial charge in [0.25, 0.3) is 5.91 Å². The van der Waals surface area contributed by atoms with Gasteiger partial charge >= 0.3 is 0 Å². The summed E-state index contributed by atoms with van der Waals surface area (Å²) in [5, 5.41) is 2.91. The molecule has 3 rings (SSSR count). The van der Waals surface area contributed by atoms with Crippen molar-refractivity contribution in [3.05, 3.63) is 23.8 Å². The van der Waals surface area contributed by atoms with E-state index in [1.54, 1.807) is 4.90 Å². The number of hydrogen-bond acceptors (Lipinski definition) is 4. The van der Waals surface area contributed by atoms with Crippen LogP contribution in [0.2, 0.25) is 0 Å². The molecule has 130 valence electrons. The average molecular weight is 332 g/mol. The van der Waals surface area contributed by atoms with Crippen molar-refractivity contribution in [3.63, 3.8) is 0 Å². The van der Waals surface area contributed by atoms with Crippen molar-refractivity contribution in [2.75, 3.05) is 31.2 Å². The van der Waals surface area contributed by atoms with Crippen LogP contribution in [0.5, 0.6) is 5.75 Å². The minimum Gasteiger partial charge on any atom is -0.482 e. The molecule has 0 aliphatic carbocycles. The van der Waals surface area contributed by atoms with E-state index in [0.29, 0.717) is 25.9 Å².